The van der Waals surface area contributed by atoms with E-state index in [4.69, 9.17) is 9.15 Å². The van der Waals surface area contributed by atoms with Gasteiger partial charge in [0.1, 0.15) is 24.2 Å². The standard InChI is InChI=1S/C26H31N3O4/c1-17-20-9-7-8-10-21(20)33-24(17)18(2)29(6)23(31)12-11-19-13-22(25(27-5)28-14-19)32-16-26(3,4)15-30/h7-15,18H,16H2,1-6H3,(H,27,28)/b12-11+/t18-/m1/s1. The van der Waals surface area contributed by atoms with Crippen LogP contribution in [0.3, 0.4) is 0 Å². The Labute approximate surface area is 194 Å². The fourth-order valence-electron chi connectivity index (χ4n) is 3.39. The third kappa shape index (κ3) is 5.42. The molecule has 0 saturated carbocycles. The third-order valence-electron chi connectivity index (χ3n) is 5.64. The average Bonchev–Trinajstić information content (AvgIpc) is 3.16. The van der Waals surface area contributed by atoms with Crippen LogP contribution < -0.4 is 10.1 Å². The number of anilines is 1. The minimum Gasteiger partial charge on any atom is -0.489 e. The normalized spacial score (nSPS) is 12.7. The number of carbonyl (C=O) groups is 2. The second kappa shape index (κ2) is 9.90. The topological polar surface area (TPSA) is 84.7 Å². The lowest BCUT2D eigenvalue weighted by Gasteiger charge is -2.22. The number of benzene rings is 1. The van der Waals surface area contributed by atoms with Gasteiger partial charge in [0, 0.05) is 37.3 Å². The molecular formula is C26H31N3O4. The van der Waals surface area contributed by atoms with E-state index < -0.39 is 5.41 Å². The predicted octanol–water partition coefficient (Wildman–Crippen LogP) is 5.01. The van der Waals surface area contributed by atoms with E-state index in [-0.39, 0.29) is 18.6 Å². The molecule has 174 valence electrons. The summed E-state index contributed by atoms with van der Waals surface area (Å²) in [5.74, 6) is 1.69. The number of fused-ring (bicyclic) bond motifs is 1. The lowest BCUT2D eigenvalue weighted by molar-refractivity contribution is -0.126. The molecule has 2 heterocycles. The number of pyridine rings is 1. The molecule has 0 radical (unpaired) electrons. The molecule has 1 N–H and O–H groups in total. The smallest absolute Gasteiger partial charge is 0.246 e. The van der Waals surface area contributed by atoms with Crippen LogP contribution >= 0.6 is 0 Å². The summed E-state index contributed by atoms with van der Waals surface area (Å²) in [4.78, 5) is 30.0. The van der Waals surface area contributed by atoms with Gasteiger partial charge >= 0.3 is 0 Å². The van der Waals surface area contributed by atoms with Gasteiger partial charge in [-0.1, -0.05) is 18.2 Å². The third-order valence-corrected chi connectivity index (χ3v) is 5.64. The first-order valence-electron chi connectivity index (χ1n) is 10.9. The number of hydrogen-bond donors (Lipinski definition) is 1. The number of rotatable bonds is 9. The molecule has 7 nitrogen and oxygen atoms in total. The van der Waals surface area contributed by atoms with Crippen molar-refractivity contribution in [3.8, 4) is 5.75 Å². The molecule has 0 aliphatic heterocycles. The molecule has 3 rings (SSSR count). The monoisotopic (exact) mass is 449 g/mol. The van der Waals surface area contributed by atoms with Gasteiger partial charge in [0.15, 0.2) is 11.6 Å². The van der Waals surface area contributed by atoms with Crippen molar-refractivity contribution in [3.05, 3.63) is 59.5 Å². The molecule has 0 spiro atoms. The van der Waals surface area contributed by atoms with Gasteiger partial charge in [0.2, 0.25) is 5.91 Å². The highest BCUT2D eigenvalue weighted by molar-refractivity contribution is 5.92. The zero-order valence-corrected chi connectivity index (χ0v) is 20.0. The number of aldehydes is 1. The molecule has 1 aromatic carbocycles. The van der Waals surface area contributed by atoms with Crippen LogP contribution in [0.15, 0.2) is 47.0 Å². The minimum atomic E-state index is -0.611. The number of para-hydroxylation sites is 1. The van der Waals surface area contributed by atoms with Gasteiger partial charge in [-0.25, -0.2) is 4.98 Å². The number of ether oxygens (including phenoxy) is 1. The summed E-state index contributed by atoms with van der Waals surface area (Å²) < 4.78 is 11.8. The molecule has 33 heavy (non-hydrogen) atoms. The Balaban J connectivity index is 1.75. The van der Waals surface area contributed by atoms with Crippen molar-refractivity contribution in [1.82, 2.24) is 9.88 Å². The SMILES string of the molecule is CNc1ncc(/C=C/C(=O)N(C)[C@H](C)c2oc3ccccc3c2C)cc1OCC(C)(C)C=O. The van der Waals surface area contributed by atoms with Gasteiger partial charge < -0.3 is 24.2 Å². The molecule has 2 aromatic heterocycles. The summed E-state index contributed by atoms with van der Waals surface area (Å²) in [6, 6.07) is 9.41. The maximum atomic E-state index is 12.9. The summed E-state index contributed by atoms with van der Waals surface area (Å²) in [6.07, 6.45) is 5.72. The van der Waals surface area contributed by atoms with Crippen molar-refractivity contribution >= 4 is 35.1 Å². The fourth-order valence-corrected chi connectivity index (χ4v) is 3.39. The quantitative estimate of drug-likeness (QED) is 0.365. The molecule has 0 aliphatic rings. The molecule has 0 saturated heterocycles. The van der Waals surface area contributed by atoms with Crippen LogP contribution in [0.1, 0.15) is 43.7 Å². The first kappa shape index (κ1) is 24.0. The second-order valence-corrected chi connectivity index (χ2v) is 8.81. The maximum Gasteiger partial charge on any atom is 0.246 e. The van der Waals surface area contributed by atoms with E-state index in [2.05, 4.69) is 10.3 Å². The summed E-state index contributed by atoms with van der Waals surface area (Å²) in [5, 5.41) is 4.03. The summed E-state index contributed by atoms with van der Waals surface area (Å²) in [6.45, 7) is 7.77. The number of aromatic nitrogens is 1. The molecule has 0 unspecified atom stereocenters. The van der Waals surface area contributed by atoms with Crippen LogP contribution in [0, 0.1) is 12.3 Å². The number of aryl methyl sites for hydroxylation is 1. The number of carbonyl (C=O) groups excluding carboxylic acids is 2. The molecule has 0 fully saturated rings. The zero-order chi connectivity index (χ0) is 24.2. The van der Waals surface area contributed by atoms with Crippen molar-refractivity contribution in [1.29, 1.82) is 0 Å². The maximum absolute atomic E-state index is 12.9. The molecule has 7 heteroatoms. The van der Waals surface area contributed by atoms with Crippen LogP contribution in [-0.2, 0) is 9.59 Å². The lowest BCUT2D eigenvalue weighted by atomic mass is 9.98. The molecular weight excluding hydrogens is 418 g/mol. The predicted molar refractivity (Wildman–Crippen MR) is 130 cm³/mol. The Morgan fingerprint density at radius 3 is 2.73 bits per heavy atom. The molecule has 0 bridgehead atoms. The van der Waals surface area contributed by atoms with Gasteiger partial charge in [0.25, 0.3) is 0 Å². The van der Waals surface area contributed by atoms with Crippen molar-refractivity contribution in [2.45, 2.75) is 33.7 Å². The first-order chi connectivity index (χ1) is 15.7. The molecule has 3 aromatic rings. The Morgan fingerprint density at radius 1 is 1.33 bits per heavy atom. The van der Waals surface area contributed by atoms with Gasteiger partial charge in [-0.3, -0.25) is 4.79 Å². The van der Waals surface area contributed by atoms with Crippen LogP contribution in [0.25, 0.3) is 17.0 Å². The zero-order valence-electron chi connectivity index (χ0n) is 20.0. The highest BCUT2D eigenvalue weighted by Gasteiger charge is 2.22. The highest BCUT2D eigenvalue weighted by atomic mass is 16.5. The van der Waals surface area contributed by atoms with Crippen LogP contribution in [-0.4, -0.2) is 42.8 Å². The summed E-state index contributed by atoms with van der Waals surface area (Å²) in [5.41, 5.74) is 1.95. The van der Waals surface area contributed by atoms with Crippen molar-refractivity contribution in [3.63, 3.8) is 0 Å². The Morgan fingerprint density at radius 2 is 2.06 bits per heavy atom. The first-order valence-corrected chi connectivity index (χ1v) is 10.9. The number of nitrogens with one attached hydrogen (secondary N) is 1. The molecule has 1 amide bonds. The second-order valence-electron chi connectivity index (χ2n) is 8.81. The molecule has 1 atom stereocenters. The van der Waals surface area contributed by atoms with Crippen LogP contribution in [0.2, 0.25) is 0 Å². The minimum absolute atomic E-state index is 0.162. The number of amides is 1. The highest BCUT2D eigenvalue weighted by Crippen LogP contribution is 2.32. The van der Waals surface area contributed by atoms with Gasteiger partial charge in [-0.05, 0) is 51.5 Å². The van der Waals surface area contributed by atoms with E-state index >= 15 is 0 Å². The van der Waals surface area contributed by atoms with E-state index in [1.807, 2.05) is 38.1 Å². The van der Waals surface area contributed by atoms with E-state index in [1.54, 1.807) is 51.2 Å². The van der Waals surface area contributed by atoms with E-state index in [0.717, 1.165) is 28.6 Å². The summed E-state index contributed by atoms with van der Waals surface area (Å²) >= 11 is 0. The van der Waals surface area contributed by atoms with Gasteiger partial charge in [-0.15, -0.1) is 0 Å². The van der Waals surface area contributed by atoms with E-state index in [9.17, 15) is 9.59 Å². The van der Waals surface area contributed by atoms with Crippen molar-refractivity contribution < 1.29 is 18.7 Å². The number of nitrogens with zero attached hydrogens (tertiary/aromatic N) is 2. The van der Waals surface area contributed by atoms with Crippen molar-refractivity contribution in [2.24, 2.45) is 5.41 Å². The van der Waals surface area contributed by atoms with Gasteiger partial charge in [0.05, 0.1) is 11.5 Å². The van der Waals surface area contributed by atoms with Crippen LogP contribution in [0.4, 0.5) is 5.82 Å². The lowest BCUT2D eigenvalue weighted by Crippen LogP contribution is -2.28. The van der Waals surface area contributed by atoms with Crippen LogP contribution in [0.5, 0.6) is 5.75 Å². The number of likely N-dealkylation sites (N-methyl/N-ethyl adjacent to an activating group) is 1. The summed E-state index contributed by atoms with van der Waals surface area (Å²) in [7, 11) is 3.50. The fraction of sp³-hybridized carbons (Fsp3) is 0.346. The number of furan rings is 1. The molecule has 0 aliphatic carbocycles. The van der Waals surface area contributed by atoms with E-state index in [1.165, 1.54) is 6.08 Å². The number of hydrogen-bond acceptors (Lipinski definition) is 6. The Hall–Kier alpha value is -3.61. The Bertz CT molecular complexity index is 1180. The largest absolute Gasteiger partial charge is 0.489 e. The van der Waals surface area contributed by atoms with E-state index in [0.29, 0.717) is 17.1 Å². The van der Waals surface area contributed by atoms with Gasteiger partial charge in [-0.2, -0.15) is 0 Å². The van der Waals surface area contributed by atoms with Crippen molar-refractivity contribution in [2.75, 3.05) is 26.0 Å². The average molecular weight is 450 g/mol. The Kier molecular flexibility index (Phi) is 7.21.